The van der Waals surface area contributed by atoms with Gasteiger partial charge in [0.15, 0.2) is 0 Å². The van der Waals surface area contributed by atoms with E-state index in [0.717, 1.165) is 25.1 Å². The Labute approximate surface area is 162 Å². The van der Waals surface area contributed by atoms with Crippen LogP contribution in [0.2, 0.25) is 0 Å². The second kappa shape index (κ2) is 5.93. The number of pyridine rings is 1. The molecule has 1 fully saturated rings. The molecule has 0 spiro atoms. The van der Waals surface area contributed by atoms with Crippen molar-refractivity contribution in [3.05, 3.63) is 64.6 Å². The molecule has 3 heteroatoms. The highest BCUT2D eigenvalue weighted by Gasteiger charge is 2.47. The van der Waals surface area contributed by atoms with Crippen LogP contribution in [0, 0.1) is 13.8 Å². The van der Waals surface area contributed by atoms with E-state index in [0.29, 0.717) is 11.6 Å². The van der Waals surface area contributed by atoms with E-state index in [9.17, 15) is 0 Å². The molecule has 5 rings (SSSR count). The van der Waals surface area contributed by atoms with Gasteiger partial charge in [0.1, 0.15) is 0 Å². The maximum Gasteiger partial charge on any atom is 0.0486 e. The highest BCUT2D eigenvalue weighted by atomic mass is 15.2. The summed E-state index contributed by atoms with van der Waals surface area (Å²) in [7, 11) is 2.33. The molecular weight excluding hydrogens is 330 g/mol. The molecule has 0 saturated carbocycles. The van der Waals surface area contributed by atoms with Gasteiger partial charge in [-0.3, -0.25) is 9.88 Å². The fourth-order valence-electron chi connectivity index (χ4n) is 5.36. The number of aromatic nitrogens is 2. The number of likely N-dealkylation sites (N-methyl/N-ethyl adjacent to an activating group) is 1. The maximum atomic E-state index is 4.48. The summed E-state index contributed by atoms with van der Waals surface area (Å²) in [4.78, 5) is 7.12. The van der Waals surface area contributed by atoms with Crippen molar-refractivity contribution in [2.24, 2.45) is 0 Å². The summed E-state index contributed by atoms with van der Waals surface area (Å²) in [5.41, 5.74) is 8.68. The predicted octanol–water partition coefficient (Wildman–Crippen LogP) is 4.98. The summed E-state index contributed by atoms with van der Waals surface area (Å²) in [5.74, 6) is 0. The van der Waals surface area contributed by atoms with Crippen LogP contribution < -0.4 is 0 Å². The first-order valence-corrected chi connectivity index (χ1v) is 10.2. The number of fused-ring (bicyclic) bond motifs is 6. The topological polar surface area (TPSA) is 21.1 Å². The molecule has 0 radical (unpaired) electrons. The average Bonchev–Trinajstić information content (AvgIpc) is 3.02. The first kappa shape index (κ1) is 17.0. The van der Waals surface area contributed by atoms with Crippen molar-refractivity contribution in [1.29, 1.82) is 0 Å². The molecule has 0 aliphatic carbocycles. The molecule has 2 aromatic heterocycles. The fourth-order valence-corrected chi connectivity index (χ4v) is 5.36. The van der Waals surface area contributed by atoms with E-state index in [2.05, 4.69) is 72.6 Å². The third kappa shape index (κ3) is 2.55. The summed E-state index contributed by atoms with van der Waals surface area (Å²) in [6.07, 6.45) is 6.83. The molecule has 2 atom stereocenters. The fraction of sp³-hybridized carbons (Fsp3) is 0.458. The first-order valence-electron chi connectivity index (χ1n) is 10.2. The second-order valence-electron chi connectivity index (χ2n) is 8.93. The van der Waals surface area contributed by atoms with E-state index in [1.807, 2.05) is 6.20 Å². The predicted molar refractivity (Wildman–Crippen MR) is 111 cm³/mol. The van der Waals surface area contributed by atoms with Gasteiger partial charge in [0.25, 0.3) is 0 Å². The van der Waals surface area contributed by atoms with Crippen molar-refractivity contribution in [3.8, 4) is 0 Å². The van der Waals surface area contributed by atoms with Gasteiger partial charge < -0.3 is 4.57 Å². The van der Waals surface area contributed by atoms with Crippen LogP contribution in [0.1, 0.15) is 53.9 Å². The lowest BCUT2D eigenvalue weighted by Crippen LogP contribution is -2.45. The normalized spacial score (nSPS) is 24.5. The standard InChI is InChI=1S/C24H29N3/c1-16-5-8-20-19(13-16)23-21-9-11-24(3,26(21)4)14-22(23)27(20)12-10-18-7-6-17(2)25-15-18/h5-8,13,15,21H,9-12,14H2,1-4H3. The third-order valence-electron chi connectivity index (χ3n) is 7.12. The Morgan fingerprint density at radius 3 is 2.81 bits per heavy atom. The highest BCUT2D eigenvalue weighted by molar-refractivity contribution is 5.87. The van der Waals surface area contributed by atoms with Crippen molar-refractivity contribution in [1.82, 2.24) is 14.5 Å². The average molecular weight is 360 g/mol. The zero-order chi connectivity index (χ0) is 18.8. The molecule has 3 nitrogen and oxygen atoms in total. The van der Waals surface area contributed by atoms with Crippen LogP contribution in [-0.4, -0.2) is 27.0 Å². The van der Waals surface area contributed by atoms with Gasteiger partial charge in [-0.15, -0.1) is 0 Å². The van der Waals surface area contributed by atoms with Gasteiger partial charge in [-0.1, -0.05) is 17.7 Å². The molecule has 0 amide bonds. The van der Waals surface area contributed by atoms with Gasteiger partial charge in [-0.2, -0.15) is 0 Å². The summed E-state index contributed by atoms with van der Waals surface area (Å²) < 4.78 is 2.62. The van der Waals surface area contributed by atoms with Crippen molar-refractivity contribution >= 4 is 10.9 Å². The second-order valence-corrected chi connectivity index (χ2v) is 8.93. The number of nitrogens with zero attached hydrogens (tertiary/aromatic N) is 3. The lowest BCUT2D eigenvalue weighted by molar-refractivity contribution is 0.133. The highest BCUT2D eigenvalue weighted by Crippen LogP contribution is 2.51. The monoisotopic (exact) mass is 359 g/mol. The number of rotatable bonds is 3. The molecule has 1 saturated heterocycles. The number of aryl methyl sites for hydroxylation is 4. The smallest absolute Gasteiger partial charge is 0.0486 e. The van der Waals surface area contributed by atoms with Gasteiger partial charge in [-0.05, 0) is 76.4 Å². The van der Waals surface area contributed by atoms with E-state index >= 15 is 0 Å². The van der Waals surface area contributed by atoms with Crippen LogP contribution >= 0.6 is 0 Å². The summed E-state index contributed by atoms with van der Waals surface area (Å²) in [6, 6.07) is 11.9. The van der Waals surface area contributed by atoms with Crippen molar-refractivity contribution in [3.63, 3.8) is 0 Å². The van der Waals surface area contributed by atoms with Crippen molar-refractivity contribution in [2.45, 2.75) is 64.6 Å². The van der Waals surface area contributed by atoms with Gasteiger partial charge in [0.2, 0.25) is 0 Å². The third-order valence-corrected chi connectivity index (χ3v) is 7.12. The first-order chi connectivity index (χ1) is 13.0. The Balaban J connectivity index is 1.61. The van der Waals surface area contributed by atoms with E-state index in [1.165, 1.54) is 34.9 Å². The molecule has 2 aliphatic rings. The number of hydrogen-bond donors (Lipinski definition) is 0. The molecule has 2 bridgehead atoms. The van der Waals surface area contributed by atoms with Crippen LogP contribution in [0.3, 0.4) is 0 Å². The quantitative estimate of drug-likeness (QED) is 0.658. The van der Waals surface area contributed by atoms with Gasteiger partial charge in [0.05, 0.1) is 0 Å². The van der Waals surface area contributed by atoms with Gasteiger partial charge in [-0.25, -0.2) is 0 Å². The summed E-state index contributed by atoms with van der Waals surface area (Å²) in [5, 5.41) is 1.48. The van der Waals surface area contributed by atoms with Gasteiger partial charge in [0, 0.05) is 53.0 Å². The minimum atomic E-state index is 0.310. The number of hydrogen-bond acceptors (Lipinski definition) is 2. The number of benzene rings is 1. The zero-order valence-corrected chi connectivity index (χ0v) is 16.9. The summed E-state index contributed by atoms with van der Waals surface area (Å²) >= 11 is 0. The maximum absolute atomic E-state index is 4.48. The zero-order valence-electron chi connectivity index (χ0n) is 16.9. The minimum Gasteiger partial charge on any atom is -0.344 e. The minimum absolute atomic E-state index is 0.310. The Morgan fingerprint density at radius 1 is 1.19 bits per heavy atom. The molecule has 2 aliphatic heterocycles. The summed E-state index contributed by atoms with van der Waals surface area (Å²) in [6.45, 7) is 7.75. The Hall–Kier alpha value is -2.13. The molecule has 27 heavy (non-hydrogen) atoms. The van der Waals surface area contributed by atoms with Crippen molar-refractivity contribution < 1.29 is 0 Å². The Morgan fingerprint density at radius 2 is 2.04 bits per heavy atom. The lowest BCUT2D eigenvalue weighted by atomic mass is 9.89. The van der Waals surface area contributed by atoms with E-state index in [1.54, 1.807) is 11.3 Å². The van der Waals surface area contributed by atoms with E-state index < -0.39 is 0 Å². The van der Waals surface area contributed by atoms with Crippen LogP contribution in [0.5, 0.6) is 0 Å². The Kier molecular flexibility index (Phi) is 3.74. The van der Waals surface area contributed by atoms with Crippen LogP contribution in [0.25, 0.3) is 10.9 Å². The van der Waals surface area contributed by atoms with E-state index in [4.69, 9.17) is 0 Å². The van der Waals surface area contributed by atoms with Crippen molar-refractivity contribution in [2.75, 3.05) is 7.05 Å². The molecule has 3 aromatic rings. The van der Waals surface area contributed by atoms with Crippen LogP contribution in [0.15, 0.2) is 36.5 Å². The molecule has 4 heterocycles. The molecule has 2 unspecified atom stereocenters. The molecule has 1 aromatic carbocycles. The Bertz CT molecular complexity index is 1010. The molecule has 140 valence electrons. The van der Waals surface area contributed by atoms with E-state index in [-0.39, 0.29) is 0 Å². The molecular formula is C24H29N3. The lowest BCUT2D eigenvalue weighted by Gasteiger charge is -2.40. The van der Waals surface area contributed by atoms with Gasteiger partial charge >= 0.3 is 0 Å². The largest absolute Gasteiger partial charge is 0.344 e. The van der Waals surface area contributed by atoms with Crippen LogP contribution in [0.4, 0.5) is 0 Å². The molecule has 0 N–H and O–H groups in total. The SMILES string of the molecule is Cc1ccc2c(c1)c1c(n2CCc2ccc(C)nc2)CC2(C)CCC1N2C. The van der Waals surface area contributed by atoms with Crippen LogP contribution in [-0.2, 0) is 19.4 Å².